The first-order valence-corrected chi connectivity index (χ1v) is 9.03. The highest BCUT2D eigenvalue weighted by atomic mass is 16.1. The Morgan fingerprint density at radius 2 is 1.93 bits per heavy atom. The molecule has 3 aromatic rings. The molecule has 0 bridgehead atoms. The van der Waals surface area contributed by atoms with E-state index in [0.29, 0.717) is 18.5 Å². The molecule has 5 nitrogen and oxygen atoms in total. The van der Waals surface area contributed by atoms with Gasteiger partial charge in [0.2, 0.25) is 5.95 Å². The molecule has 0 unspecified atom stereocenters. The molecule has 0 aliphatic heterocycles. The lowest BCUT2D eigenvalue weighted by molar-refractivity contribution is 0.760. The molecule has 0 aliphatic rings. The lowest BCUT2D eigenvalue weighted by Crippen LogP contribution is -2.22. The molecular formula is C23H22N4O. The SMILES string of the molecule is C=C[C@@H](Cc1ccc(-c2cccc(CC#N)c2)cc1)c1cc(=O)n(C)c(N)n1. The van der Waals surface area contributed by atoms with Crippen molar-refractivity contribution in [3.63, 3.8) is 0 Å². The normalized spacial score (nSPS) is 11.6. The van der Waals surface area contributed by atoms with E-state index in [9.17, 15) is 4.79 Å². The molecule has 0 saturated heterocycles. The predicted octanol–water partition coefficient (Wildman–Crippen LogP) is 3.61. The Labute approximate surface area is 164 Å². The maximum absolute atomic E-state index is 12.0. The van der Waals surface area contributed by atoms with Gasteiger partial charge in [-0.1, -0.05) is 54.6 Å². The number of nitrogen functional groups attached to an aromatic ring is 1. The molecule has 28 heavy (non-hydrogen) atoms. The van der Waals surface area contributed by atoms with Gasteiger partial charge in [-0.25, -0.2) is 4.98 Å². The third kappa shape index (κ3) is 4.18. The molecule has 3 rings (SSSR count). The average molecular weight is 370 g/mol. The van der Waals surface area contributed by atoms with Gasteiger partial charge >= 0.3 is 0 Å². The number of rotatable bonds is 6. The minimum Gasteiger partial charge on any atom is -0.369 e. The lowest BCUT2D eigenvalue weighted by Gasteiger charge is -2.14. The number of aromatic nitrogens is 2. The molecule has 1 heterocycles. The summed E-state index contributed by atoms with van der Waals surface area (Å²) in [6.45, 7) is 3.89. The minimum atomic E-state index is -0.179. The van der Waals surface area contributed by atoms with Gasteiger partial charge < -0.3 is 5.73 Å². The van der Waals surface area contributed by atoms with Gasteiger partial charge in [-0.15, -0.1) is 6.58 Å². The zero-order chi connectivity index (χ0) is 20.1. The largest absolute Gasteiger partial charge is 0.369 e. The highest BCUT2D eigenvalue weighted by molar-refractivity contribution is 5.64. The summed E-state index contributed by atoms with van der Waals surface area (Å²) in [5, 5.41) is 8.88. The monoisotopic (exact) mass is 370 g/mol. The van der Waals surface area contributed by atoms with Crippen LogP contribution in [0.15, 0.2) is 72.0 Å². The number of hydrogen-bond donors (Lipinski definition) is 1. The molecule has 1 atom stereocenters. The highest BCUT2D eigenvalue weighted by Crippen LogP contribution is 2.24. The number of nitrogens with two attached hydrogens (primary N) is 1. The van der Waals surface area contributed by atoms with Crippen LogP contribution in [0.25, 0.3) is 11.1 Å². The minimum absolute atomic E-state index is 0.0963. The summed E-state index contributed by atoms with van der Waals surface area (Å²) in [6, 6.07) is 19.9. The summed E-state index contributed by atoms with van der Waals surface area (Å²) in [7, 11) is 1.60. The van der Waals surface area contributed by atoms with Crippen molar-refractivity contribution >= 4 is 5.95 Å². The number of hydrogen-bond acceptors (Lipinski definition) is 4. The first-order valence-electron chi connectivity index (χ1n) is 9.03. The molecule has 140 valence electrons. The summed E-state index contributed by atoms with van der Waals surface area (Å²) in [6.07, 6.45) is 2.87. The summed E-state index contributed by atoms with van der Waals surface area (Å²) in [4.78, 5) is 16.3. The number of allylic oxidation sites excluding steroid dienone is 1. The van der Waals surface area contributed by atoms with E-state index in [1.54, 1.807) is 13.1 Å². The Balaban J connectivity index is 1.81. The van der Waals surface area contributed by atoms with E-state index in [1.165, 1.54) is 10.6 Å². The van der Waals surface area contributed by atoms with Gasteiger partial charge in [0.05, 0.1) is 18.2 Å². The lowest BCUT2D eigenvalue weighted by atomic mass is 9.94. The highest BCUT2D eigenvalue weighted by Gasteiger charge is 2.13. The van der Waals surface area contributed by atoms with Crippen molar-refractivity contribution in [3.8, 4) is 17.2 Å². The molecule has 0 saturated carbocycles. The Morgan fingerprint density at radius 3 is 2.57 bits per heavy atom. The predicted molar refractivity (Wildman–Crippen MR) is 112 cm³/mol. The zero-order valence-corrected chi connectivity index (χ0v) is 15.8. The number of nitriles is 1. The van der Waals surface area contributed by atoms with Crippen LogP contribution < -0.4 is 11.3 Å². The van der Waals surface area contributed by atoms with Gasteiger partial charge in [0.15, 0.2) is 0 Å². The van der Waals surface area contributed by atoms with Crippen molar-refractivity contribution in [3.05, 3.63) is 94.4 Å². The number of nitrogens with zero attached hydrogens (tertiary/aromatic N) is 3. The Morgan fingerprint density at radius 1 is 1.18 bits per heavy atom. The van der Waals surface area contributed by atoms with Gasteiger partial charge in [-0.05, 0) is 28.7 Å². The van der Waals surface area contributed by atoms with Crippen LogP contribution in [0.5, 0.6) is 0 Å². The Bertz CT molecular complexity index is 1090. The zero-order valence-electron chi connectivity index (χ0n) is 15.8. The van der Waals surface area contributed by atoms with Gasteiger partial charge in [0.25, 0.3) is 5.56 Å². The van der Waals surface area contributed by atoms with E-state index in [2.05, 4.69) is 41.9 Å². The molecule has 2 aromatic carbocycles. The van der Waals surface area contributed by atoms with E-state index in [4.69, 9.17) is 11.0 Å². The Kier molecular flexibility index (Phi) is 5.71. The van der Waals surface area contributed by atoms with E-state index in [-0.39, 0.29) is 17.4 Å². The van der Waals surface area contributed by atoms with Crippen LogP contribution in [0, 0.1) is 11.3 Å². The van der Waals surface area contributed by atoms with E-state index >= 15 is 0 Å². The summed E-state index contributed by atoms with van der Waals surface area (Å²) < 4.78 is 1.32. The molecule has 5 heteroatoms. The topological polar surface area (TPSA) is 84.7 Å². The first-order chi connectivity index (χ1) is 13.5. The molecular weight excluding hydrogens is 348 g/mol. The van der Waals surface area contributed by atoms with Crippen molar-refractivity contribution in [1.82, 2.24) is 9.55 Å². The third-order valence-corrected chi connectivity index (χ3v) is 4.81. The van der Waals surface area contributed by atoms with Gasteiger partial charge in [0, 0.05) is 19.0 Å². The van der Waals surface area contributed by atoms with Crippen molar-refractivity contribution in [2.75, 3.05) is 5.73 Å². The molecule has 0 spiro atoms. The fourth-order valence-electron chi connectivity index (χ4n) is 3.11. The van der Waals surface area contributed by atoms with Crippen LogP contribution in [0.1, 0.15) is 22.7 Å². The standard InChI is InChI=1S/C23H22N4O/c1-3-18(21-15-22(28)27(2)23(25)26-21)13-17-7-9-19(10-8-17)20-6-4-5-16(14-20)11-12-24/h3-10,14-15,18H,1,11,13H2,2H3,(H2,25,26)/t18-/m0/s1. The second kappa shape index (κ2) is 8.36. The van der Waals surface area contributed by atoms with Crippen molar-refractivity contribution in [2.24, 2.45) is 7.05 Å². The van der Waals surface area contributed by atoms with Crippen LogP contribution in [0.3, 0.4) is 0 Å². The van der Waals surface area contributed by atoms with Crippen LogP contribution >= 0.6 is 0 Å². The maximum atomic E-state index is 12.0. The molecule has 0 amide bonds. The molecule has 2 N–H and O–H groups in total. The first kappa shape index (κ1) is 19.1. The Hall–Kier alpha value is -3.65. The van der Waals surface area contributed by atoms with Crippen LogP contribution in [0.2, 0.25) is 0 Å². The smallest absolute Gasteiger partial charge is 0.254 e. The molecule has 0 radical (unpaired) electrons. The second-order valence-corrected chi connectivity index (χ2v) is 6.71. The molecule has 0 aliphatic carbocycles. The van der Waals surface area contributed by atoms with E-state index in [1.807, 2.05) is 24.3 Å². The van der Waals surface area contributed by atoms with E-state index in [0.717, 1.165) is 22.3 Å². The van der Waals surface area contributed by atoms with Crippen molar-refractivity contribution in [1.29, 1.82) is 5.26 Å². The molecule has 1 aromatic heterocycles. The van der Waals surface area contributed by atoms with Gasteiger partial charge in [0.1, 0.15) is 0 Å². The van der Waals surface area contributed by atoms with Gasteiger partial charge in [-0.3, -0.25) is 9.36 Å². The fourth-order valence-corrected chi connectivity index (χ4v) is 3.11. The van der Waals surface area contributed by atoms with E-state index < -0.39 is 0 Å². The third-order valence-electron chi connectivity index (χ3n) is 4.81. The summed E-state index contributed by atoms with van der Waals surface area (Å²) in [5.74, 6) is 0.1000. The average Bonchev–Trinajstić information content (AvgIpc) is 2.71. The summed E-state index contributed by atoms with van der Waals surface area (Å²) >= 11 is 0. The number of anilines is 1. The van der Waals surface area contributed by atoms with Gasteiger partial charge in [-0.2, -0.15) is 5.26 Å². The quantitative estimate of drug-likeness (QED) is 0.672. The van der Waals surface area contributed by atoms with Crippen LogP contribution in [-0.4, -0.2) is 9.55 Å². The maximum Gasteiger partial charge on any atom is 0.254 e. The van der Waals surface area contributed by atoms with Crippen molar-refractivity contribution < 1.29 is 0 Å². The van der Waals surface area contributed by atoms with Crippen LogP contribution in [-0.2, 0) is 19.9 Å². The second-order valence-electron chi connectivity index (χ2n) is 6.71. The molecule has 0 fully saturated rings. The fraction of sp³-hybridized carbons (Fsp3) is 0.174. The number of benzene rings is 2. The summed E-state index contributed by atoms with van der Waals surface area (Å²) in [5.41, 5.74) is 10.6. The van der Waals surface area contributed by atoms with Crippen molar-refractivity contribution in [2.45, 2.75) is 18.8 Å². The van der Waals surface area contributed by atoms with Crippen LogP contribution in [0.4, 0.5) is 5.95 Å².